The van der Waals surface area contributed by atoms with Gasteiger partial charge in [0.15, 0.2) is 0 Å². The van der Waals surface area contributed by atoms with Gasteiger partial charge in [0, 0.05) is 50.9 Å². The number of benzene rings is 1. The van der Waals surface area contributed by atoms with E-state index in [2.05, 4.69) is 52.2 Å². The van der Waals surface area contributed by atoms with Gasteiger partial charge in [-0.15, -0.1) is 0 Å². The highest BCUT2D eigenvalue weighted by Gasteiger charge is 2.22. The first-order valence-electron chi connectivity index (χ1n) is 10.2. The fourth-order valence-electron chi connectivity index (χ4n) is 3.98. The van der Waals surface area contributed by atoms with Crippen molar-refractivity contribution in [2.24, 2.45) is 5.92 Å². The van der Waals surface area contributed by atoms with Crippen molar-refractivity contribution in [3.63, 3.8) is 0 Å². The summed E-state index contributed by atoms with van der Waals surface area (Å²) < 4.78 is 5.53. The zero-order chi connectivity index (χ0) is 18.6. The second kappa shape index (κ2) is 8.26. The summed E-state index contributed by atoms with van der Waals surface area (Å²) in [6, 6.07) is 8.45. The predicted octanol–water partition coefficient (Wildman–Crippen LogP) is 3.67. The molecule has 1 aromatic heterocycles. The minimum atomic E-state index is 0.709. The third-order valence-corrected chi connectivity index (χ3v) is 5.71. The fraction of sp³-hybridized carbons (Fsp3) is 0.545. The topological polar surface area (TPSA) is 41.5 Å². The van der Waals surface area contributed by atoms with Crippen molar-refractivity contribution in [3.8, 4) is 5.75 Å². The predicted molar refractivity (Wildman–Crippen MR) is 108 cm³/mol. The summed E-state index contributed by atoms with van der Waals surface area (Å²) >= 11 is 0. The zero-order valence-corrected chi connectivity index (χ0v) is 16.5. The molecule has 0 atom stereocenters. The van der Waals surface area contributed by atoms with Crippen LogP contribution in [0.15, 0.2) is 30.5 Å². The third kappa shape index (κ3) is 4.41. The molecule has 0 saturated carbocycles. The number of piperidine rings is 1. The number of aromatic nitrogens is 2. The van der Waals surface area contributed by atoms with Crippen LogP contribution in [0.2, 0.25) is 0 Å². The van der Waals surface area contributed by atoms with Crippen LogP contribution in [0, 0.1) is 5.92 Å². The number of hydrogen-bond donors (Lipinski definition) is 0. The maximum absolute atomic E-state index is 5.53. The molecule has 0 spiro atoms. The molecule has 4 rings (SSSR count). The first kappa shape index (κ1) is 18.2. The molecule has 0 aliphatic carbocycles. The summed E-state index contributed by atoms with van der Waals surface area (Å²) in [5.74, 6) is 2.70. The molecule has 2 aliphatic rings. The largest absolute Gasteiger partial charge is 0.494 e. The highest BCUT2D eigenvalue weighted by Crippen LogP contribution is 2.24. The molecule has 5 heteroatoms. The van der Waals surface area contributed by atoms with Crippen molar-refractivity contribution in [2.45, 2.75) is 46.2 Å². The average molecular weight is 367 g/mol. The van der Waals surface area contributed by atoms with Gasteiger partial charge in [-0.25, -0.2) is 9.97 Å². The van der Waals surface area contributed by atoms with Crippen molar-refractivity contribution in [1.82, 2.24) is 14.9 Å². The van der Waals surface area contributed by atoms with Crippen LogP contribution in [0.25, 0.3) is 0 Å². The van der Waals surface area contributed by atoms with Crippen LogP contribution in [0.1, 0.15) is 43.5 Å². The molecule has 0 bridgehead atoms. The zero-order valence-electron chi connectivity index (χ0n) is 16.5. The van der Waals surface area contributed by atoms with E-state index < -0.39 is 0 Å². The number of anilines is 1. The smallest absolute Gasteiger partial charge is 0.225 e. The first-order chi connectivity index (χ1) is 13.2. The van der Waals surface area contributed by atoms with Gasteiger partial charge in [-0.2, -0.15) is 0 Å². The van der Waals surface area contributed by atoms with Crippen LogP contribution >= 0.6 is 0 Å². The van der Waals surface area contributed by atoms with Crippen LogP contribution in [-0.4, -0.2) is 41.1 Å². The van der Waals surface area contributed by atoms with Gasteiger partial charge in [0.1, 0.15) is 5.75 Å². The highest BCUT2D eigenvalue weighted by molar-refractivity contribution is 5.35. The SMILES string of the molecule is CCOc1ccc(CN2CCc3nc(N4CCC(C)CC4)ncc3C2)cc1. The van der Waals surface area contributed by atoms with Gasteiger partial charge in [0.2, 0.25) is 5.95 Å². The molecular weight excluding hydrogens is 336 g/mol. The van der Waals surface area contributed by atoms with E-state index in [4.69, 9.17) is 9.72 Å². The number of hydrogen-bond acceptors (Lipinski definition) is 5. The minimum Gasteiger partial charge on any atom is -0.494 e. The molecule has 0 amide bonds. The molecule has 1 fully saturated rings. The van der Waals surface area contributed by atoms with Crippen molar-refractivity contribution in [3.05, 3.63) is 47.3 Å². The maximum Gasteiger partial charge on any atom is 0.225 e. The lowest BCUT2D eigenvalue weighted by Crippen LogP contribution is -2.35. The molecule has 2 aromatic rings. The summed E-state index contributed by atoms with van der Waals surface area (Å²) in [5, 5.41) is 0. The molecule has 1 saturated heterocycles. The van der Waals surface area contributed by atoms with E-state index >= 15 is 0 Å². The van der Waals surface area contributed by atoms with Crippen LogP contribution < -0.4 is 9.64 Å². The highest BCUT2D eigenvalue weighted by atomic mass is 16.5. The number of ether oxygens (including phenoxy) is 1. The van der Waals surface area contributed by atoms with Crippen LogP contribution in [0.5, 0.6) is 5.75 Å². The Hall–Kier alpha value is -2.14. The lowest BCUT2D eigenvalue weighted by Gasteiger charge is -2.32. The molecular formula is C22H30N4O. The lowest BCUT2D eigenvalue weighted by atomic mass is 9.99. The molecule has 0 unspecified atom stereocenters. The normalized spacial score (nSPS) is 18.4. The van der Waals surface area contributed by atoms with Crippen molar-refractivity contribution in [2.75, 3.05) is 31.1 Å². The number of nitrogens with zero attached hydrogens (tertiary/aromatic N) is 4. The van der Waals surface area contributed by atoms with Gasteiger partial charge >= 0.3 is 0 Å². The van der Waals surface area contributed by atoms with Gasteiger partial charge in [-0.3, -0.25) is 4.90 Å². The van der Waals surface area contributed by atoms with E-state index in [9.17, 15) is 0 Å². The molecule has 144 valence electrons. The molecule has 1 aromatic carbocycles. The Kier molecular flexibility index (Phi) is 5.58. The molecule has 2 aliphatic heterocycles. The Morgan fingerprint density at radius 2 is 1.89 bits per heavy atom. The molecule has 5 nitrogen and oxygen atoms in total. The van der Waals surface area contributed by atoms with Gasteiger partial charge in [0.05, 0.1) is 12.3 Å². The average Bonchev–Trinajstić information content (AvgIpc) is 2.70. The summed E-state index contributed by atoms with van der Waals surface area (Å²) in [6.45, 7) is 10.2. The van der Waals surface area contributed by atoms with Gasteiger partial charge in [0.25, 0.3) is 0 Å². The van der Waals surface area contributed by atoms with Crippen LogP contribution in [0.3, 0.4) is 0 Å². The molecule has 0 radical (unpaired) electrons. The van der Waals surface area contributed by atoms with E-state index in [-0.39, 0.29) is 0 Å². The summed E-state index contributed by atoms with van der Waals surface area (Å²) in [6.07, 6.45) is 5.55. The maximum atomic E-state index is 5.53. The fourth-order valence-corrected chi connectivity index (χ4v) is 3.98. The van der Waals surface area contributed by atoms with E-state index in [1.54, 1.807) is 0 Å². The summed E-state index contributed by atoms with van der Waals surface area (Å²) in [7, 11) is 0. The van der Waals surface area contributed by atoms with E-state index in [1.165, 1.54) is 29.7 Å². The van der Waals surface area contributed by atoms with Crippen LogP contribution in [0.4, 0.5) is 5.95 Å². The Labute approximate surface area is 162 Å². The Morgan fingerprint density at radius 1 is 1.11 bits per heavy atom. The quantitative estimate of drug-likeness (QED) is 0.808. The Balaban J connectivity index is 1.38. The Bertz CT molecular complexity index is 753. The van der Waals surface area contributed by atoms with E-state index in [1.807, 2.05) is 6.92 Å². The van der Waals surface area contributed by atoms with Crippen molar-refractivity contribution in [1.29, 1.82) is 0 Å². The van der Waals surface area contributed by atoms with Gasteiger partial charge in [-0.1, -0.05) is 19.1 Å². The van der Waals surface area contributed by atoms with E-state index in [0.717, 1.165) is 56.8 Å². The van der Waals surface area contributed by atoms with Crippen molar-refractivity contribution >= 4 is 5.95 Å². The molecule has 0 N–H and O–H groups in total. The summed E-state index contributed by atoms with van der Waals surface area (Å²) in [4.78, 5) is 14.4. The summed E-state index contributed by atoms with van der Waals surface area (Å²) in [5.41, 5.74) is 3.84. The molecule has 3 heterocycles. The van der Waals surface area contributed by atoms with Crippen LogP contribution in [-0.2, 0) is 19.5 Å². The third-order valence-electron chi connectivity index (χ3n) is 5.71. The van der Waals surface area contributed by atoms with E-state index in [0.29, 0.717) is 6.61 Å². The Morgan fingerprint density at radius 3 is 2.63 bits per heavy atom. The second-order valence-corrected chi connectivity index (χ2v) is 7.85. The van der Waals surface area contributed by atoms with Gasteiger partial charge in [-0.05, 0) is 43.4 Å². The monoisotopic (exact) mass is 366 g/mol. The second-order valence-electron chi connectivity index (χ2n) is 7.85. The minimum absolute atomic E-state index is 0.709. The van der Waals surface area contributed by atoms with Crippen molar-refractivity contribution < 1.29 is 4.74 Å². The van der Waals surface area contributed by atoms with Gasteiger partial charge < -0.3 is 9.64 Å². The lowest BCUT2D eigenvalue weighted by molar-refractivity contribution is 0.242. The standard InChI is InChI=1S/C22H30N4O/c1-3-27-20-6-4-18(5-7-20)15-25-11-10-21-19(16-25)14-23-22(24-21)26-12-8-17(2)9-13-26/h4-7,14,17H,3,8-13,15-16H2,1-2H3. The number of fused-ring (bicyclic) bond motifs is 1. The number of rotatable bonds is 5. The molecule has 27 heavy (non-hydrogen) atoms. The first-order valence-corrected chi connectivity index (χ1v) is 10.2.